The summed E-state index contributed by atoms with van der Waals surface area (Å²) in [5.41, 5.74) is -0.230. The monoisotopic (exact) mass is 207 g/mol. The van der Waals surface area contributed by atoms with Crippen LogP contribution in [0, 0.1) is 0 Å². The van der Waals surface area contributed by atoms with Gasteiger partial charge in [-0.05, 0) is 12.1 Å². The number of rotatable bonds is 1. The van der Waals surface area contributed by atoms with Gasteiger partial charge in [0.05, 0.1) is 5.69 Å². The van der Waals surface area contributed by atoms with Crippen LogP contribution in [0.5, 0.6) is 0 Å². The van der Waals surface area contributed by atoms with Crippen molar-refractivity contribution in [1.82, 2.24) is 15.0 Å². The predicted octanol–water partition coefficient (Wildman–Crippen LogP) is -0.110. The number of aromatic nitrogens is 3. The van der Waals surface area contributed by atoms with Gasteiger partial charge in [0.1, 0.15) is 0 Å². The maximum absolute atomic E-state index is 10.2. The summed E-state index contributed by atoms with van der Waals surface area (Å²) in [6.45, 7) is 0. The van der Waals surface area contributed by atoms with Gasteiger partial charge in [-0.2, -0.15) is 0 Å². The minimum Gasteiger partial charge on any atom is -0.359 e. The van der Waals surface area contributed by atoms with E-state index in [1.165, 1.54) is 12.3 Å². The Hall–Kier alpha value is -2.37. The van der Waals surface area contributed by atoms with E-state index in [0.29, 0.717) is 5.69 Å². The molecule has 0 spiro atoms. The van der Waals surface area contributed by atoms with Crippen LogP contribution in [-0.2, 0) is 0 Å². The lowest BCUT2D eigenvalue weighted by Gasteiger charge is -1.75. The number of aldehydes is 1. The third-order valence-electron chi connectivity index (χ3n) is 1.43. The van der Waals surface area contributed by atoms with Crippen molar-refractivity contribution in [1.29, 1.82) is 0 Å². The summed E-state index contributed by atoms with van der Waals surface area (Å²) in [6.07, 6.45) is 3.78. The summed E-state index contributed by atoms with van der Waals surface area (Å²) in [4.78, 5) is 37.2. The van der Waals surface area contributed by atoms with Crippen LogP contribution in [0.2, 0.25) is 0 Å². The lowest BCUT2D eigenvalue weighted by atomic mass is 10.5. The molecule has 3 N–H and O–H groups in total. The highest BCUT2D eigenvalue weighted by Gasteiger charge is 1.81. The summed E-state index contributed by atoms with van der Waals surface area (Å²) < 4.78 is 0. The Morgan fingerprint density at radius 3 is 2.20 bits per heavy atom. The van der Waals surface area contributed by atoms with Crippen molar-refractivity contribution >= 4 is 6.29 Å². The van der Waals surface area contributed by atoms with Crippen molar-refractivity contribution in [3.8, 4) is 0 Å². The molecule has 15 heavy (non-hydrogen) atoms. The molecule has 2 aromatic heterocycles. The van der Waals surface area contributed by atoms with E-state index in [4.69, 9.17) is 0 Å². The molecule has 0 atom stereocenters. The quantitative estimate of drug-likeness (QED) is 0.569. The van der Waals surface area contributed by atoms with E-state index in [-0.39, 0.29) is 5.56 Å². The molecule has 0 aliphatic carbocycles. The average Bonchev–Trinajstić information content (AvgIpc) is 2.70. The average molecular weight is 207 g/mol. The van der Waals surface area contributed by atoms with Gasteiger partial charge in [-0.3, -0.25) is 14.6 Å². The highest BCUT2D eigenvalue weighted by atomic mass is 16.2. The van der Waals surface area contributed by atoms with Gasteiger partial charge in [0.2, 0.25) is 0 Å². The molecule has 0 aliphatic rings. The van der Waals surface area contributed by atoms with Crippen LogP contribution >= 0.6 is 0 Å². The Kier molecular flexibility index (Phi) is 3.84. The first-order chi connectivity index (χ1) is 7.22. The van der Waals surface area contributed by atoms with Crippen LogP contribution in [0.4, 0.5) is 0 Å². The first kappa shape index (κ1) is 10.7. The second-order valence-electron chi connectivity index (χ2n) is 2.54. The van der Waals surface area contributed by atoms with E-state index in [1.54, 1.807) is 18.3 Å². The van der Waals surface area contributed by atoms with Crippen LogP contribution in [0.25, 0.3) is 0 Å². The van der Waals surface area contributed by atoms with Crippen LogP contribution in [0.3, 0.4) is 0 Å². The van der Waals surface area contributed by atoms with E-state index in [0.717, 1.165) is 6.29 Å². The molecule has 0 aliphatic heterocycles. The van der Waals surface area contributed by atoms with Crippen molar-refractivity contribution in [2.24, 2.45) is 0 Å². The molecule has 2 heterocycles. The van der Waals surface area contributed by atoms with Gasteiger partial charge in [-0.1, -0.05) is 0 Å². The smallest absolute Gasteiger partial charge is 0.325 e. The highest BCUT2D eigenvalue weighted by molar-refractivity contribution is 5.71. The number of hydrogen-bond donors (Lipinski definition) is 3. The summed E-state index contributed by atoms with van der Waals surface area (Å²) >= 11 is 0. The van der Waals surface area contributed by atoms with E-state index in [9.17, 15) is 14.4 Å². The van der Waals surface area contributed by atoms with Gasteiger partial charge in [-0.15, -0.1) is 0 Å². The standard InChI is InChI=1S/C5H5NO.C4H4N2O2/c7-4-5-2-1-3-6-5;7-3-1-2-5-4(8)6-3/h1-4,6H;1-2H,(H2,5,6,7,8). The maximum atomic E-state index is 10.2. The van der Waals surface area contributed by atoms with Crippen LogP contribution < -0.4 is 11.2 Å². The molecule has 0 amide bonds. The van der Waals surface area contributed by atoms with Gasteiger partial charge in [0.15, 0.2) is 6.29 Å². The molecule has 0 radical (unpaired) electrons. The lowest BCUT2D eigenvalue weighted by Crippen LogP contribution is -2.19. The topological polar surface area (TPSA) is 98.6 Å². The Morgan fingerprint density at radius 1 is 1.07 bits per heavy atom. The molecule has 0 saturated heterocycles. The number of carbonyl (C=O) groups is 1. The molecule has 78 valence electrons. The lowest BCUT2D eigenvalue weighted by molar-refractivity contribution is 0.111. The van der Waals surface area contributed by atoms with Crippen LogP contribution in [-0.4, -0.2) is 21.2 Å². The van der Waals surface area contributed by atoms with Crippen molar-refractivity contribution in [2.75, 3.05) is 0 Å². The molecule has 0 bridgehead atoms. The second kappa shape index (κ2) is 5.38. The van der Waals surface area contributed by atoms with Gasteiger partial charge in [-0.25, -0.2) is 4.79 Å². The van der Waals surface area contributed by atoms with E-state index < -0.39 is 5.69 Å². The summed E-state index contributed by atoms with van der Waals surface area (Å²) in [5, 5.41) is 0. The molecule has 0 saturated carbocycles. The van der Waals surface area contributed by atoms with E-state index in [2.05, 4.69) is 9.97 Å². The van der Waals surface area contributed by atoms with Crippen LogP contribution in [0.15, 0.2) is 40.2 Å². The molecule has 6 nitrogen and oxygen atoms in total. The molecule has 0 aromatic carbocycles. The fraction of sp³-hybridized carbons (Fsp3) is 0. The zero-order valence-corrected chi connectivity index (χ0v) is 7.69. The number of nitrogens with one attached hydrogen (secondary N) is 3. The van der Waals surface area contributed by atoms with E-state index >= 15 is 0 Å². The van der Waals surface area contributed by atoms with Gasteiger partial charge in [0.25, 0.3) is 5.56 Å². The molecule has 0 unspecified atom stereocenters. The van der Waals surface area contributed by atoms with E-state index in [1.807, 2.05) is 4.98 Å². The SMILES string of the molecule is O=Cc1ccc[nH]1.O=c1cc[nH]c(=O)[nH]1. The molecule has 2 aromatic rings. The number of carbonyl (C=O) groups excluding carboxylic acids is 1. The predicted molar refractivity (Wildman–Crippen MR) is 53.9 cm³/mol. The minimum atomic E-state index is -0.475. The summed E-state index contributed by atoms with van der Waals surface area (Å²) in [7, 11) is 0. The summed E-state index contributed by atoms with van der Waals surface area (Å²) in [5.74, 6) is 0. The molecule has 2 rings (SSSR count). The molecule has 6 heteroatoms. The Labute approximate surface area is 84.0 Å². The van der Waals surface area contributed by atoms with Crippen molar-refractivity contribution in [3.63, 3.8) is 0 Å². The first-order valence-electron chi connectivity index (χ1n) is 4.09. The van der Waals surface area contributed by atoms with Crippen molar-refractivity contribution < 1.29 is 4.79 Å². The zero-order chi connectivity index (χ0) is 11.1. The number of hydrogen-bond acceptors (Lipinski definition) is 3. The molecular weight excluding hydrogens is 198 g/mol. The van der Waals surface area contributed by atoms with Gasteiger partial charge < -0.3 is 9.97 Å². The first-order valence-corrected chi connectivity index (χ1v) is 4.09. The van der Waals surface area contributed by atoms with Gasteiger partial charge in [0, 0.05) is 18.5 Å². The van der Waals surface area contributed by atoms with Crippen LogP contribution in [0.1, 0.15) is 10.5 Å². The number of aromatic amines is 3. The molecule has 0 fully saturated rings. The maximum Gasteiger partial charge on any atom is 0.325 e. The van der Waals surface area contributed by atoms with Crippen molar-refractivity contribution in [3.05, 3.63) is 57.1 Å². The van der Waals surface area contributed by atoms with Crippen molar-refractivity contribution in [2.45, 2.75) is 0 Å². The Morgan fingerprint density at radius 2 is 1.87 bits per heavy atom. The second-order valence-corrected chi connectivity index (χ2v) is 2.54. The minimum absolute atomic E-state index is 0.381. The fourth-order valence-electron chi connectivity index (χ4n) is 0.800. The van der Waals surface area contributed by atoms with Gasteiger partial charge >= 0.3 is 5.69 Å². The summed E-state index contributed by atoms with van der Waals surface area (Å²) in [6, 6.07) is 4.73. The number of H-pyrrole nitrogens is 3. The normalized spacial score (nSPS) is 8.80. The third kappa shape index (κ3) is 3.90. The zero-order valence-electron chi connectivity index (χ0n) is 7.69. The highest BCUT2D eigenvalue weighted by Crippen LogP contribution is 1.85. The third-order valence-corrected chi connectivity index (χ3v) is 1.43. The largest absolute Gasteiger partial charge is 0.359 e. The molecular formula is C9H9N3O3. The fourth-order valence-corrected chi connectivity index (χ4v) is 0.800. The Balaban J connectivity index is 0.000000151. The Bertz CT molecular complexity index is 484.